The monoisotopic (exact) mass is 404 g/mol. The summed E-state index contributed by atoms with van der Waals surface area (Å²) in [7, 11) is 0. The van der Waals surface area contributed by atoms with E-state index in [4.69, 9.17) is 5.73 Å². The van der Waals surface area contributed by atoms with Gasteiger partial charge in [-0.05, 0) is 24.5 Å². The molecule has 0 saturated heterocycles. The number of nitrogens with two attached hydrogens (primary N) is 1. The van der Waals surface area contributed by atoms with Crippen molar-refractivity contribution >= 4 is 34.6 Å². The van der Waals surface area contributed by atoms with E-state index in [0.29, 0.717) is 22.6 Å². The third kappa shape index (κ3) is 5.58. The van der Waals surface area contributed by atoms with Crippen molar-refractivity contribution in [2.45, 2.75) is 63.4 Å². The molecule has 3 amide bonds. The molecule has 0 bridgehead atoms. The number of hydrogen-bond donors (Lipinski definition) is 2. The predicted molar refractivity (Wildman–Crippen MR) is 112 cm³/mol. The largest absolute Gasteiger partial charge is 0.351 e. The zero-order chi connectivity index (χ0) is 20.7. The van der Waals surface area contributed by atoms with Gasteiger partial charge in [0.2, 0.25) is 5.91 Å². The molecular formula is C20H28N4O3S. The highest BCUT2D eigenvalue weighted by molar-refractivity contribution is 8.00. The van der Waals surface area contributed by atoms with E-state index < -0.39 is 17.2 Å². The first kappa shape index (κ1) is 21.9. The number of aromatic nitrogens is 2. The molecule has 3 N–H and O–H groups in total. The quantitative estimate of drug-likeness (QED) is 0.379. The van der Waals surface area contributed by atoms with Crippen LogP contribution in [0.25, 0.3) is 10.9 Å². The highest BCUT2D eigenvalue weighted by Gasteiger charge is 2.27. The summed E-state index contributed by atoms with van der Waals surface area (Å²) >= 11 is 1.20. The molecule has 1 heterocycles. The number of benzene rings is 1. The Morgan fingerprint density at radius 3 is 2.57 bits per heavy atom. The van der Waals surface area contributed by atoms with Crippen molar-refractivity contribution in [3.8, 4) is 0 Å². The molecular weight excluding hydrogens is 376 g/mol. The van der Waals surface area contributed by atoms with E-state index in [-0.39, 0.29) is 11.5 Å². The zero-order valence-electron chi connectivity index (χ0n) is 16.6. The van der Waals surface area contributed by atoms with Gasteiger partial charge in [0.05, 0.1) is 16.2 Å². The molecule has 28 heavy (non-hydrogen) atoms. The second kappa shape index (κ2) is 10.3. The molecule has 0 aliphatic rings. The second-order valence-electron chi connectivity index (χ2n) is 7.06. The number of nitrogens with one attached hydrogen (secondary N) is 1. The second-order valence-corrected chi connectivity index (χ2v) is 8.17. The SMILES string of the molecule is CCCCCCn1c(S[C@H](C(=O)NC(N)=O)C(C)C)nc2ccccc2c1=O. The van der Waals surface area contributed by atoms with Gasteiger partial charge in [0.15, 0.2) is 5.16 Å². The van der Waals surface area contributed by atoms with Gasteiger partial charge in [-0.1, -0.05) is 63.9 Å². The first-order valence-corrected chi connectivity index (χ1v) is 10.5. The number of hydrogen-bond acceptors (Lipinski definition) is 5. The molecule has 1 atom stereocenters. The van der Waals surface area contributed by atoms with Crippen LogP contribution in [0.15, 0.2) is 34.2 Å². The minimum Gasteiger partial charge on any atom is -0.351 e. The topological polar surface area (TPSA) is 107 Å². The van der Waals surface area contributed by atoms with Gasteiger partial charge in [0.25, 0.3) is 5.56 Å². The number of para-hydroxylation sites is 1. The lowest BCUT2D eigenvalue weighted by Gasteiger charge is -2.21. The smallest absolute Gasteiger partial charge is 0.318 e. The van der Waals surface area contributed by atoms with Crippen LogP contribution in [0.4, 0.5) is 4.79 Å². The van der Waals surface area contributed by atoms with Gasteiger partial charge < -0.3 is 5.73 Å². The maximum atomic E-state index is 13.0. The van der Waals surface area contributed by atoms with Crippen LogP contribution < -0.4 is 16.6 Å². The Balaban J connectivity index is 2.42. The van der Waals surface area contributed by atoms with Gasteiger partial charge in [0, 0.05) is 6.54 Å². The summed E-state index contributed by atoms with van der Waals surface area (Å²) in [6.07, 6.45) is 4.10. The number of primary amides is 1. The fourth-order valence-electron chi connectivity index (χ4n) is 2.93. The summed E-state index contributed by atoms with van der Waals surface area (Å²) in [6, 6.07) is 6.31. The Morgan fingerprint density at radius 1 is 1.21 bits per heavy atom. The van der Waals surface area contributed by atoms with Crippen molar-refractivity contribution in [1.82, 2.24) is 14.9 Å². The molecule has 0 aliphatic carbocycles. The molecule has 1 aromatic carbocycles. The highest BCUT2D eigenvalue weighted by atomic mass is 32.2. The molecule has 0 unspecified atom stereocenters. The number of unbranched alkanes of at least 4 members (excludes halogenated alkanes) is 3. The summed E-state index contributed by atoms with van der Waals surface area (Å²) in [5, 5.41) is 2.59. The fraction of sp³-hybridized carbons (Fsp3) is 0.500. The summed E-state index contributed by atoms with van der Waals surface area (Å²) in [5.74, 6) is -0.561. The summed E-state index contributed by atoms with van der Waals surface area (Å²) < 4.78 is 1.65. The normalized spacial score (nSPS) is 12.3. The summed E-state index contributed by atoms with van der Waals surface area (Å²) in [4.78, 5) is 41.2. The van der Waals surface area contributed by atoms with E-state index >= 15 is 0 Å². The van der Waals surface area contributed by atoms with Crippen LogP contribution in [0.5, 0.6) is 0 Å². The van der Waals surface area contributed by atoms with Crippen LogP contribution in [0.1, 0.15) is 46.5 Å². The lowest BCUT2D eigenvalue weighted by atomic mass is 10.1. The molecule has 152 valence electrons. The van der Waals surface area contributed by atoms with E-state index in [9.17, 15) is 14.4 Å². The average molecular weight is 405 g/mol. The predicted octanol–water partition coefficient (Wildman–Crippen LogP) is 3.29. The highest BCUT2D eigenvalue weighted by Crippen LogP contribution is 2.28. The minimum absolute atomic E-state index is 0.0822. The van der Waals surface area contributed by atoms with Crippen molar-refractivity contribution in [2.24, 2.45) is 11.7 Å². The van der Waals surface area contributed by atoms with Crippen LogP contribution in [0, 0.1) is 5.92 Å². The van der Waals surface area contributed by atoms with E-state index in [1.807, 2.05) is 26.0 Å². The molecule has 0 radical (unpaired) electrons. The van der Waals surface area contributed by atoms with Crippen molar-refractivity contribution in [1.29, 1.82) is 0 Å². The van der Waals surface area contributed by atoms with Crippen LogP contribution in [-0.2, 0) is 11.3 Å². The standard InChI is InChI=1S/C20H28N4O3S/c1-4-5-6-9-12-24-18(26)14-10-7-8-11-15(14)22-20(24)28-16(13(2)3)17(25)23-19(21)27/h7-8,10-11,13,16H,4-6,9,12H2,1-3H3,(H3,21,23,25,27)/t16-/m0/s1. The number of nitrogens with zero attached hydrogens (tertiary/aromatic N) is 2. The van der Waals surface area contributed by atoms with Crippen LogP contribution in [0.2, 0.25) is 0 Å². The van der Waals surface area contributed by atoms with Crippen molar-refractivity contribution < 1.29 is 9.59 Å². The maximum absolute atomic E-state index is 13.0. The Bertz CT molecular complexity index is 895. The number of carbonyl (C=O) groups is 2. The Labute approximate surface area is 169 Å². The average Bonchev–Trinajstić information content (AvgIpc) is 2.64. The van der Waals surface area contributed by atoms with E-state index in [1.54, 1.807) is 16.7 Å². The van der Waals surface area contributed by atoms with Gasteiger partial charge in [-0.2, -0.15) is 0 Å². The molecule has 0 fully saturated rings. The lowest BCUT2D eigenvalue weighted by molar-refractivity contribution is -0.120. The number of fused-ring (bicyclic) bond motifs is 1. The van der Waals surface area contributed by atoms with Gasteiger partial charge >= 0.3 is 6.03 Å². The van der Waals surface area contributed by atoms with Crippen molar-refractivity contribution in [2.75, 3.05) is 0 Å². The number of rotatable bonds is 9. The Kier molecular flexibility index (Phi) is 8.04. The third-order valence-electron chi connectivity index (χ3n) is 4.40. The zero-order valence-corrected chi connectivity index (χ0v) is 17.4. The molecule has 8 heteroatoms. The Hall–Kier alpha value is -2.35. The summed E-state index contributed by atoms with van der Waals surface area (Å²) in [6.45, 7) is 6.43. The first-order valence-electron chi connectivity index (χ1n) is 9.61. The van der Waals surface area contributed by atoms with Crippen LogP contribution in [0.3, 0.4) is 0 Å². The van der Waals surface area contributed by atoms with Crippen molar-refractivity contribution in [3.63, 3.8) is 0 Å². The van der Waals surface area contributed by atoms with E-state index in [2.05, 4.69) is 17.2 Å². The number of carbonyl (C=O) groups excluding carboxylic acids is 2. The van der Waals surface area contributed by atoms with Crippen molar-refractivity contribution in [3.05, 3.63) is 34.6 Å². The Morgan fingerprint density at radius 2 is 1.93 bits per heavy atom. The maximum Gasteiger partial charge on any atom is 0.318 e. The van der Waals surface area contributed by atoms with Gasteiger partial charge in [0.1, 0.15) is 0 Å². The van der Waals surface area contributed by atoms with Gasteiger partial charge in [-0.3, -0.25) is 19.5 Å². The lowest BCUT2D eigenvalue weighted by Crippen LogP contribution is -2.42. The van der Waals surface area contributed by atoms with Crippen LogP contribution >= 0.6 is 11.8 Å². The molecule has 2 rings (SSSR count). The molecule has 0 spiro atoms. The molecule has 7 nitrogen and oxygen atoms in total. The molecule has 1 aromatic heterocycles. The fourth-order valence-corrected chi connectivity index (χ4v) is 4.05. The summed E-state index contributed by atoms with van der Waals surface area (Å²) in [5.41, 5.74) is 5.58. The number of amides is 3. The van der Waals surface area contributed by atoms with Crippen LogP contribution in [-0.4, -0.2) is 26.7 Å². The number of thioether (sulfide) groups is 1. The molecule has 0 saturated carbocycles. The molecule has 2 aromatic rings. The molecule has 0 aliphatic heterocycles. The third-order valence-corrected chi connectivity index (χ3v) is 5.94. The van der Waals surface area contributed by atoms with Gasteiger partial charge in [-0.15, -0.1) is 0 Å². The van der Waals surface area contributed by atoms with E-state index in [1.165, 1.54) is 11.8 Å². The number of urea groups is 1. The minimum atomic E-state index is -0.889. The first-order chi connectivity index (χ1) is 13.3. The van der Waals surface area contributed by atoms with E-state index in [0.717, 1.165) is 25.7 Å². The number of imide groups is 1. The van der Waals surface area contributed by atoms with Gasteiger partial charge in [-0.25, -0.2) is 9.78 Å².